The molecule has 0 unspecified atom stereocenters. The van der Waals surface area contributed by atoms with Gasteiger partial charge in [-0.2, -0.15) is 5.10 Å². The Bertz CT molecular complexity index is 822. The van der Waals surface area contributed by atoms with Gasteiger partial charge in [-0.1, -0.05) is 12.1 Å². The van der Waals surface area contributed by atoms with Gasteiger partial charge in [0, 0.05) is 11.6 Å². The molecule has 0 saturated carbocycles. The molecule has 2 rings (SSSR count). The highest BCUT2D eigenvalue weighted by Crippen LogP contribution is 2.33. The van der Waals surface area contributed by atoms with Crippen LogP contribution in [0.3, 0.4) is 0 Å². The van der Waals surface area contributed by atoms with E-state index >= 15 is 0 Å². The number of carbonyl (C=O) groups is 1. The number of hydrazone groups is 1. The number of ether oxygens (including phenoxy) is 5. The van der Waals surface area contributed by atoms with Crippen molar-refractivity contribution in [2.24, 2.45) is 5.10 Å². The topological polar surface area (TPSA) is 87.6 Å². The first-order valence-electron chi connectivity index (χ1n) is 8.59. The first-order chi connectivity index (χ1) is 13.6. The van der Waals surface area contributed by atoms with Crippen LogP contribution in [0.2, 0.25) is 0 Å². The van der Waals surface area contributed by atoms with E-state index in [-0.39, 0.29) is 6.61 Å². The van der Waals surface area contributed by atoms with E-state index in [2.05, 4.69) is 10.5 Å². The van der Waals surface area contributed by atoms with E-state index < -0.39 is 5.91 Å². The summed E-state index contributed by atoms with van der Waals surface area (Å²) < 4.78 is 26.7. The standard InChI is InChI=1S/C20H24N2O6/c1-5-27-15-8-6-7-9-16(15)28-13-20(23)22-21-12-14-10-18(25-3)19(26-4)11-17(14)24-2/h6-12H,5,13H2,1-4H3,(H,22,23)/b21-12-. The fourth-order valence-electron chi connectivity index (χ4n) is 2.35. The molecule has 0 aliphatic carbocycles. The van der Waals surface area contributed by atoms with E-state index in [9.17, 15) is 4.79 Å². The van der Waals surface area contributed by atoms with Crippen LogP contribution in [-0.4, -0.2) is 46.7 Å². The Morgan fingerprint density at radius 3 is 2.14 bits per heavy atom. The highest BCUT2D eigenvalue weighted by Gasteiger charge is 2.11. The summed E-state index contributed by atoms with van der Waals surface area (Å²) in [5.74, 6) is 2.23. The molecule has 0 radical (unpaired) electrons. The van der Waals surface area contributed by atoms with Crippen molar-refractivity contribution < 1.29 is 28.5 Å². The maximum Gasteiger partial charge on any atom is 0.277 e. The number of methoxy groups -OCH3 is 3. The van der Waals surface area contributed by atoms with E-state index in [1.54, 1.807) is 30.3 Å². The van der Waals surface area contributed by atoms with Gasteiger partial charge in [0.25, 0.3) is 5.91 Å². The van der Waals surface area contributed by atoms with Gasteiger partial charge in [0.2, 0.25) is 0 Å². The highest BCUT2D eigenvalue weighted by atomic mass is 16.5. The van der Waals surface area contributed by atoms with Gasteiger partial charge in [-0.15, -0.1) is 0 Å². The molecule has 1 N–H and O–H groups in total. The zero-order chi connectivity index (χ0) is 20.4. The summed E-state index contributed by atoms with van der Waals surface area (Å²) in [7, 11) is 4.60. The molecular weight excluding hydrogens is 364 g/mol. The predicted molar refractivity (Wildman–Crippen MR) is 105 cm³/mol. The summed E-state index contributed by atoms with van der Waals surface area (Å²) >= 11 is 0. The summed E-state index contributed by atoms with van der Waals surface area (Å²) in [5.41, 5.74) is 3.02. The Morgan fingerprint density at radius 2 is 1.54 bits per heavy atom. The molecule has 2 aromatic rings. The van der Waals surface area contributed by atoms with Crippen molar-refractivity contribution >= 4 is 12.1 Å². The number of rotatable bonds is 10. The van der Waals surface area contributed by atoms with Crippen LogP contribution in [0.4, 0.5) is 0 Å². The van der Waals surface area contributed by atoms with Crippen molar-refractivity contribution in [3.8, 4) is 28.7 Å². The van der Waals surface area contributed by atoms with Gasteiger partial charge in [-0.05, 0) is 25.1 Å². The number of hydrogen-bond donors (Lipinski definition) is 1. The Morgan fingerprint density at radius 1 is 0.929 bits per heavy atom. The van der Waals surface area contributed by atoms with Crippen molar-refractivity contribution in [2.45, 2.75) is 6.92 Å². The molecule has 0 aliphatic heterocycles. The fraction of sp³-hybridized carbons (Fsp3) is 0.300. The van der Waals surface area contributed by atoms with Gasteiger partial charge in [0.1, 0.15) is 5.75 Å². The normalized spacial score (nSPS) is 10.4. The van der Waals surface area contributed by atoms with Gasteiger partial charge in [0.05, 0.1) is 34.2 Å². The van der Waals surface area contributed by atoms with E-state index in [0.29, 0.717) is 40.9 Å². The zero-order valence-electron chi connectivity index (χ0n) is 16.4. The quantitative estimate of drug-likeness (QED) is 0.497. The van der Waals surface area contributed by atoms with E-state index in [4.69, 9.17) is 23.7 Å². The van der Waals surface area contributed by atoms with Crippen molar-refractivity contribution in [1.29, 1.82) is 0 Å². The van der Waals surface area contributed by atoms with Crippen LogP contribution in [0.15, 0.2) is 41.5 Å². The number of benzene rings is 2. The number of nitrogens with zero attached hydrogens (tertiary/aromatic N) is 1. The summed E-state index contributed by atoms with van der Waals surface area (Å²) in [6.07, 6.45) is 1.45. The monoisotopic (exact) mass is 388 g/mol. The largest absolute Gasteiger partial charge is 0.496 e. The Kier molecular flexibility index (Phi) is 7.95. The molecule has 8 heteroatoms. The first-order valence-corrected chi connectivity index (χ1v) is 8.59. The number of amides is 1. The molecule has 8 nitrogen and oxygen atoms in total. The lowest BCUT2D eigenvalue weighted by atomic mass is 10.2. The minimum atomic E-state index is -0.415. The molecule has 0 fully saturated rings. The Balaban J connectivity index is 1.98. The van der Waals surface area contributed by atoms with Crippen molar-refractivity contribution in [3.05, 3.63) is 42.0 Å². The SMILES string of the molecule is CCOc1ccccc1OCC(=O)N/N=C\c1cc(OC)c(OC)cc1OC. The number of nitrogens with one attached hydrogen (secondary N) is 1. The average Bonchev–Trinajstić information content (AvgIpc) is 2.72. The smallest absolute Gasteiger partial charge is 0.277 e. The lowest BCUT2D eigenvalue weighted by molar-refractivity contribution is -0.123. The second-order valence-electron chi connectivity index (χ2n) is 5.41. The predicted octanol–water partition coefficient (Wildman–Crippen LogP) is 2.64. The van der Waals surface area contributed by atoms with Crippen LogP contribution in [0, 0.1) is 0 Å². The maximum absolute atomic E-state index is 12.0. The lowest BCUT2D eigenvalue weighted by Crippen LogP contribution is -2.24. The van der Waals surface area contributed by atoms with Crippen molar-refractivity contribution in [1.82, 2.24) is 5.43 Å². The third-order valence-corrected chi connectivity index (χ3v) is 3.64. The van der Waals surface area contributed by atoms with Gasteiger partial charge in [-0.3, -0.25) is 4.79 Å². The average molecular weight is 388 g/mol. The van der Waals surface area contributed by atoms with Crippen LogP contribution in [0.1, 0.15) is 12.5 Å². The lowest BCUT2D eigenvalue weighted by Gasteiger charge is -2.12. The zero-order valence-corrected chi connectivity index (χ0v) is 16.4. The molecular formula is C20H24N2O6. The fourth-order valence-corrected chi connectivity index (χ4v) is 2.35. The molecule has 2 aromatic carbocycles. The van der Waals surface area contributed by atoms with Gasteiger partial charge >= 0.3 is 0 Å². The molecule has 1 amide bonds. The molecule has 0 saturated heterocycles. The highest BCUT2D eigenvalue weighted by molar-refractivity contribution is 5.86. The summed E-state index contributed by atoms with van der Waals surface area (Å²) in [6, 6.07) is 10.5. The number of para-hydroxylation sites is 2. The van der Waals surface area contributed by atoms with Crippen LogP contribution >= 0.6 is 0 Å². The van der Waals surface area contributed by atoms with Crippen molar-refractivity contribution in [2.75, 3.05) is 34.5 Å². The first kappa shape index (κ1) is 20.9. The Hall–Kier alpha value is -3.42. The molecule has 0 aromatic heterocycles. The molecule has 28 heavy (non-hydrogen) atoms. The van der Waals surface area contributed by atoms with E-state index in [1.165, 1.54) is 27.5 Å². The number of hydrogen-bond acceptors (Lipinski definition) is 7. The summed E-state index contributed by atoms with van der Waals surface area (Å²) in [6.45, 7) is 2.18. The van der Waals surface area contributed by atoms with E-state index in [0.717, 1.165) is 0 Å². The van der Waals surface area contributed by atoms with E-state index in [1.807, 2.05) is 13.0 Å². The van der Waals surface area contributed by atoms with Gasteiger partial charge < -0.3 is 23.7 Å². The van der Waals surface area contributed by atoms with Gasteiger partial charge in [0.15, 0.2) is 29.6 Å². The number of carbonyl (C=O) groups excluding carboxylic acids is 1. The van der Waals surface area contributed by atoms with Crippen LogP contribution in [-0.2, 0) is 4.79 Å². The van der Waals surface area contributed by atoms with Gasteiger partial charge in [-0.25, -0.2) is 5.43 Å². The van der Waals surface area contributed by atoms with Crippen LogP contribution < -0.4 is 29.1 Å². The minimum absolute atomic E-state index is 0.204. The van der Waals surface area contributed by atoms with Crippen molar-refractivity contribution in [3.63, 3.8) is 0 Å². The minimum Gasteiger partial charge on any atom is -0.496 e. The third-order valence-electron chi connectivity index (χ3n) is 3.64. The summed E-state index contributed by atoms with van der Waals surface area (Å²) in [5, 5.41) is 3.94. The molecule has 0 spiro atoms. The van der Waals surface area contributed by atoms with Crippen LogP contribution in [0.25, 0.3) is 0 Å². The second kappa shape index (κ2) is 10.7. The molecule has 150 valence electrons. The Labute approximate surface area is 164 Å². The molecule has 0 heterocycles. The molecule has 0 aliphatic rings. The van der Waals surface area contributed by atoms with Crippen LogP contribution in [0.5, 0.6) is 28.7 Å². The maximum atomic E-state index is 12.0. The second-order valence-corrected chi connectivity index (χ2v) is 5.41. The third kappa shape index (κ3) is 5.54. The molecule has 0 bridgehead atoms. The molecule has 0 atom stereocenters. The summed E-state index contributed by atoms with van der Waals surface area (Å²) in [4.78, 5) is 12.0.